The highest BCUT2D eigenvalue weighted by Gasteiger charge is 2.21. The van der Waals surface area contributed by atoms with Crippen LogP contribution in [0.25, 0.3) is 0 Å². The van der Waals surface area contributed by atoms with Crippen LogP contribution < -0.4 is 16.0 Å². The maximum atomic E-state index is 12.0. The van der Waals surface area contributed by atoms with E-state index in [1.54, 1.807) is 4.90 Å². The molecule has 2 heterocycles. The minimum Gasteiger partial charge on any atom is -0.374 e. The average Bonchev–Trinajstić information content (AvgIpc) is 3.16. The number of amides is 2. The van der Waals surface area contributed by atoms with E-state index in [1.807, 2.05) is 24.3 Å². The van der Waals surface area contributed by atoms with Gasteiger partial charge in [-0.1, -0.05) is 29.2 Å². The third-order valence-electron chi connectivity index (χ3n) is 3.49. The summed E-state index contributed by atoms with van der Waals surface area (Å²) in [6.07, 6.45) is 1.82. The molecule has 2 amide bonds. The zero-order valence-electron chi connectivity index (χ0n) is 12.9. The van der Waals surface area contributed by atoms with Gasteiger partial charge in [-0.05, 0) is 24.6 Å². The number of nitrogen functional groups attached to an aromatic ring is 1. The quantitative estimate of drug-likeness (QED) is 0.764. The average molecular weight is 363 g/mol. The van der Waals surface area contributed by atoms with Gasteiger partial charge >= 0.3 is 0 Å². The summed E-state index contributed by atoms with van der Waals surface area (Å²) < 4.78 is 0.759. The van der Waals surface area contributed by atoms with Crippen LogP contribution >= 0.6 is 23.1 Å². The second-order valence-corrected chi connectivity index (χ2v) is 7.60. The molecular formula is C15H17N5O2S2. The van der Waals surface area contributed by atoms with Crippen LogP contribution in [0.1, 0.15) is 19.3 Å². The van der Waals surface area contributed by atoms with Gasteiger partial charge in [0.25, 0.3) is 0 Å². The number of thioether (sulfide) groups is 1. The predicted molar refractivity (Wildman–Crippen MR) is 96.3 cm³/mol. The Balaban J connectivity index is 1.51. The van der Waals surface area contributed by atoms with Crippen molar-refractivity contribution in [1.82, 2.24) is 10.2 Å². The second-order valence-electron chi connectivity index (χ2n) is 5.25. The summed E-state index contributed by atoms with van der Waals surface area (Å²) in [4.78, 5) is 25.6. The zero-order valence-corrected chi connectivity index (χ0v) is 14.5. The molecule has 7 nitrogen and oxygen atoms in total. The fraction of sp³-hybridized carbons (Fsp3) is 0.333. The van der Waals surface area contributed by atoms with E-state index in [0.717, 1.165) is 23.0 Å². The van der Waals surface area contributed by atoms with Crippen molar-refractivity contribution in [1.29, 1.82) is 0 Å². The molecule has 3 rings (SSSR count). The number of hydrogen-bond donors (Lipinski definition) is 2. The van der Waals surface area contributed by atoms with Gasteiger partial charge in [-0.15, -0.1) is 10.2 Å². The van der Waals surface area contributed by atoms with Crippen molar-refractivity contribution >= 4 is 51.4 Å². The van der Waals surface area contributed by atoms with Crippen molar-refractivity contribution in [3.63, 3.8) is 0 Å². The van der Waals surface area contributed by atoms with Crippen LogP contribution in [0.5, 0.6) is 0 Å². The van der Waals surface area contributed by atoms with Gasteiger partial charge in [0, 0.05) is 36.5 Å². The summed E-state index contributed by atoms with van der Waals surface area (Å²) in [5.74, 6) is 0.654. The van der Waals surface area contributed by atoms with E-state index in [9.17, 15) is 9.59 Å². The molecule has 2 aromatic rings. The normalized spacial score (nSPS) is 14.2. The van der Waals surface area contributed by atoms with Crippen LogP contribution in [0.2, 0.25) is 0 Å². The second kappa shape index (κ2) is 7.63. The topological polar surface area (TPSA) is 101 Å². The molecule has 1 aromatic heterocycles. The number of nitrogens with two attached hydrogens (primary N) is 1. The van der Waals surface area contributed by atoms with Crippen LogP contribution in [-0.2, 0) is 9.59 Å². The first kappa shape index (κ1) is 16.7. The monoisotopic (exact) mass is 363 g/mol. The van der Waals surface area contributed by atoms with Crippen molar-refractivity contribution in [2.45, 2.75) is 23.6 Å². The molecule has 24 heavy (non-hydrogen) atoms. The molecule has 0 saturated carbocycles. The van der Waals surface area contributed by atoms with Gasteiger partial charge < -0.3 is 16.0 Å². The molecular weight excluding hydrogens is 346 g/mol. The van der Waals surface area contributed by atoms with Gasteiger partial charge in [0.05, 0.1) is 0 Å². The Morgan fingerprint density at radius 2 is 2.29 bits per heavy atom. The number of nitrogens with zero attached hydrogens (tertiary/aromatic N) is 3. The van der Waals surface area contributed by atoms with Crippen molar-refractivity contribution < 1.29 is 9.59 Å². The molecule has 1 aromatic carbocycles. The fourth-order valence-electron chi connectivity index (χ4n) is 2.41. The van der Waals surface area contributed by atoms with E-state index >= 15 is 0 Å². The van der Waals surface area contributed by atoms with E-state index in [4.69, 9.17) is 5.73 Å². The Morgan fingerprint density at radius 3 is 3.00 bits per heavy atom. The molecule has 1 aliphatic rings. The molecule has 9 heteroatoms. The zero-order chi connectivity index (χ0) is 16.9. The third kappa shape index (κ3) is 4.24. The molecule has 1 fully saturated rings. The predicted octanol–water partition coefficient (Wildman–Crippen LogP) is 2.37. The van der Waals surface area contributed by atoms with Gasteiger partial charge in [0.2, 0.25) is 16.9 Å². The number of carbonyl (C=O) groups excluding carboxylic acids is 2. The van der Waals surface area contributed by atoms with E-state index in [2.05, 4.69) is 15.5 Å². The summed E-state index contributed by atoms with van der Waals surface area (Å²) in [6, 6.07) is 7.38. The molecule has 3 N–H and O–H groups in total. The highest BCUT2D eigenvalue weighted by Crippen LogP contribution is 2.25. The van der Waals surface area contributed by atoms with Gasteiger partial charge in [-0.3, -0.25) is 9.59 Å². The van der Waals surface area contributed by atoms with E-state index in [1.165, 1.54) is 23.1 Å². The SMILES string of the molecule is Nc1nnc(SCCC(=O)Nc2cccc(N3CCCC3=O)c2)s1. The number of nitrogens with one attached hydrogen (secondary N) is 1. The minimum absolute atomic E-state index is 0.0788. The number of carbonyl (C=O) groups is 2. The molecule has 0 spiro atoms. The van der Waals surface area contributed by atoms with Gasteiger partial charge in [-0.25, -0.2) is 0 Å². The van der Waals surface area contributed by atoms with E-state index in [-0.39, 0.29) is 11.8 Å². The van der Waals surface area contributed by atoms with Crippen LogP contribution in [0.15, 0.2) is 28.6 Å². The molecule has 1 aliphatic heterocycles. The van der Waals surface area contributed by atoms with E-state index in [0.29, 0.717) is 29.4 Å². The summed E-state index contributed by atoms with van der Waals surface area (Å²) in [5.41, 5.74) is 7.04. The molecule has 0 atom stereocenters. The molecule has 0 aliphatic carbocycles. The maximum Gasteiger partial charge on any atom is 0.227 e. The van der Waals surface area contributed by atoms with Crippen molar-refractivity contribution in [3.05, 3.63) is 24.3 Å². The molecule has 1 saturated heterocycles. The lowest BCUT2D eigenvalue weighted by molar-refractivity contribution is -0.117. The van der Waals surface area contributed by atoms with Crippen LogP contribution in [0.3, 0.4) is 0 Å². The highest BCUT2D eigenvalue weighted by molar-refractivity contribution is 8.01. The lowest BCUT2D eigenvalue weighted by Gasteiger charge is -2.16. The van der Waals surface area contributed by atoms with Crippen LogP contribution in [0.4, 0.5) is 16.5 Å². The number of anilines is 3. The fourth-order valence-corrected chi connectivity index (χ4v) is 4.05. The Kier molecular flexibility index (Phi) is 5.31. The lowest BCUT2D eigenvalue weighted by atomic mass is 10.2. The Labute approximate surface area is 147 Å². The van der Waals surface area contributed by atoms with E-state index < -0.39 is 0 Å². The smallest absolute Gasteiger partial charge is 0.227 e. The molecule has 0 unspecified atom stereocenters. The molecule has 126 valence electrons. The van der Waals surface area contributed by atoms with Crippen molar-refractivity contribution in [2.24, 2.45) is 0 Å². The first-order valence-corrected chi connectivity index (χ1v) is 9.34. The third-order valence-corrected chi connectivity index (χ3v) is 5.38. The van der Waals surface area contributed by atoms with Gasteiger partial charge in [0.15, 0.2) is 4.34 Å². The first-order valence-electron chi connectivity index (χ1n) is 7.54. The highest BCUT2D eigenvalue weighted by atomic mass is 32.2. The van der Waals surface area contributed by atoms with Crippen LogP contribution in [-0.4, -0.2) is 34.3 Å². The van der Waals surface area contributed by atoms with Gasteiger partial charge in [0.1, 0.15) is 0 Å². The number of benzene rings is 1. The van der Waals surface area contributed by atoms with Crippen molar-refractivity contribution in [3.8, 4) is 0 Å². The number of hydrogen-bond acceptors (Lipinski definition) is 7. The lowest BCUT2D eigenvalue weighted by Crippen LogP contribution is -2.23. The van der Waals surface area contributed by atoms with Crippen LogP contribution in [0, 0.1) is 0 Å². The maximum absolute atomic E-state index is 12.0. The molecule has 0 bridgehead atoms. The summed E-state index contributed by atoms with van der Waals surface area (Å²) >= 11 is 2.76. The Hall–Kier alpha value is -2.13. The Bertz CT molecular complexity index is 749. The summed E-state index contributed by atoms with van der Waals surface area (Å²) in [5, 5.41) is 10.9. The minimum atomic E-state index is -0.0788. The summed E-state index contributed by atoms with van der Waals surface area (Å²) in [7, 11) is 0. The number of aromatic nitrogens is 2. The largest absolute Gasteiger partial charge is 0.374 e. The van der Waals surface area contributed by atoms with Crippen molar-refractivity contribution in [2.75, 3.05) is 28.2 Å². The number of rotatable bonds is 6. The standard InChI is InChI=1S/C15H17N5O2S2/c16-14-18-19-15(24-14)23-8-6-12(21)17-10-3-1-4-11(9-10)20-7-2-5-13(20)22/h1,3-4,9H,2,5-8H2,(H2,16,18)(H,17,21). The first-order chi connectivity index (χ1) is 11.6. The molecule has 0 radical (unpaired) electrons. The van der Waals surface area contributed by atoms with Gasteiger partial charge in [-0.2, -0.15) is 0 Å². The summed E-state index contributed by atoms with van der Waals surface area (Å²) in [6.45, 7) is 0.734. The Morgan fingerprint density at radius 1 is 1.42 bits per heavy atom.